The topological polar surface area (TPSA) is 65.5 Å². The first kappa shape index (κ1) is 16.0. The second kappa shape index (κ2) is 6.78. The highest BCUT2D eigenvalue weighted by atomic mass is 16.2. The van der Waals surface area contributed by atoms with Crippen molar-refractivity contribution in [2.75, 3.05) is 0 Å². The maximum Gasteiger partial charge on any atom is 0.258 e. The molecule has 4 rings (SSSR count). The van der Waals surface area contributed by atoms with E-state index in [0.29, 0.717) is 0 Å². The third-order valence-electron chi connectivity index (χ3n) is 5.20. The van der Waals surface area contributed by atoms with Crippen LogP contribution in [0, 0.1) is 5.92 Å². The molecule has 128 valence electrons. The first-order chi connectivity index (χ1) is 12.2. The van der Waals surface area contributed by atoms with E-state index >= 15 is 0 Å². The van der Waals surface area contributed by atoms with Crippen LogP contribution in [0.15, 0.2) is 59.7 Å². The zero-order valence-corrected chi connectivity index (χ0v) is 14.2. The number of fused-ring (bicyclic) bond motifs is 3. The van der Waals surface area contributed by atoms with Gasteiger partial charge in [-0.05, 0) is 36.5 Å². The molecule has 5 nitrogen and oxygen atoms in total. The van der Waals surface area contributed by atoms with Crippen molar-refractivity contribution in [1.82, 2.24) is 16.3 Å². The molecule has 2 aliphatic rings. The van der Waals surface area contributed by atoms with Gasteiger partial charge in [-0.1, -0.05) is 54.6 Å². The van der Waals surface area contributed by atoms with E-state index in [1.165, 1.54) is 11.1 Å². The lowest BCUT2D eigenvalue weighted by molar-refractivity contribution is -0.123. The predicted octanol–water partition coefficient (Wildman–Crippen LogP) is 2.31. The Labute approximate surface area is 147 Å². The molecule has 1 saturated heterocycles. The van der Waals surface area contributed by atoms with E-state index in [9.17, 15) is 4.79 Å². The van der Waals surface area contributed by atoms with Crippen molar-refractivity contribution in [3.05, 3.63) is 71.3 Å². The third kappa shape index (κ3) is 3.08. The van der Waals surface area contributed by atoms with Gasteiger partial charge < -0.3 is 0 Å². The Bertz CT molecular complexity index is 802. The smallest absolute Gasteiger partial charge is 0.258 e. The Morgan fingerprint density at radius 2 is 1.84 bits per heavy atom. The molecule has 3 atom stereocenters. The van der Waals surface area contributed by atoms with Gasteiger partial charge in [0.1, 0.15) is 6.04 Å². The minimum atomic E-state index is -0.273. The van der Waals surface area contributed by atoms with Crippen LogP contribution in [0.3, 0.4) is 0 Å². The minimum absolute atomic E-state index is 0.0883. The first-order valence-electron chi connectivity index (χ1n) is 8.72. The van der Waals surface area contributed by atoms with Crippen molar-refractivity contribution in [2.45, 2.75) is 31.8 Å². The van der Waals surface area contributed by atoms with Crippen LogP contribution in [0.25, 0.3) is 0 Å². The number of carbonyl (C=O) groups excluding carboxylic acids is 1. The number of carbonyl (C=O) groups is 1. The lowest BCUT2D eigenvalue weighted by atomic mass is 9.77. The SMILES string of the molecule is C/C(=N\NC(=O)C1NNC2c3ccccc3CCC12)c1ccccc1. The average Bonchev–Trinajstić information content (AvgIpc) is 3.11. The second-order valence-corrected chi connectivity index (χ2v) is 6.68. The van der Waals surface area contributed by atoms with Gasteiger partial charge in [0.15, 0.2) is 0 Å². The van der Waals surface area contributed by atoms with E-state index < -0.39 is 0 Å². The Morgan fingerprint density at radius 3 is 2.68 bits per heavy atom. The number of benzene rings is 2. The number of aryl methyl sites for hydroxylation is 1. The number of amides is 1. The molecular formula is C20H22N4O. The van der Waals surface area contributed by atoms with E-state index in [2.05, 4.69) is 45.6 Å². The highest BCUT2D eigenvalue weighted by Gasteiger charge is 2.43. The van der Waals surface area contributed by atoms with E-state index in [4.69, 9.17) is 0 Å². The van der Waals surface area contributed by atoms with Crippen LogP contribution in [0.4, 0.5) is 0 Å². The minimum Gasteiger partial charge on any atom is -0.271 e. The lowest BCUT2D eigenvalue weighted by Gasteiger charge is -2.29. The number of nitrogens with zero attached hydrogens (tertiary/aromatic N) is 1. The van der Waals surface area contributed by atoms with Gasteiger partial charge in [-0.3, -0.25) is 4.79 Å². The van der Waals surface area contributed by atoms with Crippen LogP contribution in [-0.4, -0.2) is 17.7 Å². The van der Waals surface area contributed by atoms with Crippen LogP contribution in [-0.2, 0) is 11.2 Å². The summed E-state index contributed by atoms with van der Waals surface area (Å²) >= 11 is 0. The highest BCUT2D eigenvalue weighted by molar-refractivity contribution is 5.99. The monoisotopic (exact) mass is 334 g/mol. The third-order valence-corrected chi connectivity index (χ3v) is 5.20. The van der Waals surface area contributed by atoms with Gasteiger partial charge in [-0.2, -0.15) is 5.10 Å². The molecule has 5 heteroatoms. The summed E-state index contributed by atoms with van der Waals surface area (Å²) in [5.41, 5.74) is 13.7. The van der Waals surface area contributed by atoms with Gasteiger partial charge in [0.05, 0.1) is 11.8 Å². The molecule has 1 fully saturated rings. The normalized spacial score (nSPS) is 25.2. The van der Waals surface area contributed by atoms with E-state index in [1.807, 2.05) is 37.3 Å². The van der Waals surface area contributed by atoms with Crippen molar-refractivity contribution in [3.63, 3.8) is 0 Å². The van der Waals surface area contributed by atoms with Gasteiger partial charge in [-0.15, -0.1) is 0 Å². The molecule has 1 heterocycles. The summed E-state index contributed by atoms with van der Waals surface area (Å²) < 4.78 is 0. The molecule has 2 aromatic rings. The first-order valence-corrected chi connectivity index (χ1v) is 8.72. The molecule has 1 amide bonds. The summed E-state index contributed by atoms with van der Waals surface area (Å²) in [7, 11) is 0. The average molecular weight is 334 g/mol. The molecule has 1 aliphatic heterocycles. The Hall–Kier alpha value is -2.50. The molecule has 0 saturated carbocycles. The maximum absolute atomic E-state index is 12.6. The van der Waals surface area contributed by atoms with E-state index in [0.717, 1.165) is 24.1 Å². The molecule has 3 unspecified atom stereocenters. The number of hydrogen-bond donors (Lipinski definition) is 3. The number of nitrogens with one attached hydrogen (secondary N) is 3. The van der Waals surface area contributed by atoms with Gasteiger partial charge >= 0.3 is 0 Å². The van der Waals surface area contributed by atoms with Crippen molar-refractivity contribution in [2.24, 2.45) is 11.0 Å². The molecular weight excluding hydrogens is 312 g/mol. The molecule has 0 radical (unpaired) electrons. The number of hydrazine groups is 1. The van der Waals surface area contributed by atoms with Crippen LogP contribution in [0.5, 0.6) is 0 Å². The fourth-order valence-corrected chi connectivity index (χ4v) is 3.83. The highest BCUT2D eigenvalue weighted by Crippen LogP contribution is 2.38. The zero-order chi connectivity index (χ0) is 17.2. The zero-order valence-electron chi connectivity index (χ0n) is 14.2. The summed E-state index contributed by atoms with van der Waals surface area (Å²) in [5, 5.41) is 4.27. The molecule has 25 heavy (non-hydrogen) atoms. The second-order valence-electron chi connectivity index (χ2n) is 6.68. The standard InChI is InChI=1S/C20H22N4O/c1-13(14-7-3-2-4-8-14)21-24-20(25)19-17-12-11-15-9-5-6-10-16(15)18(17)22-23-19/h2-10,17-19,22-23H,11-12H2,1H3,(H,24,25)/b21-13+. The van der Waals surface area contributed by atoms with Gasteiger partial charge in [0.2, 0.25) is 0 Å². The molecule has 1 aliphatic carbocycles. The van der Waals surface area contributed by atoms with Crippen molar-refractivity contribution in [3.8, 4) is 0 Å². The summed E-state index contributed by atoms with van der Waals surface area (Å²) in [6, 6.07) is 18.2. The summed E-state index contributed by atoms with van der Waals surface area (Å²) in [6.45, 7) is 1.90. The molecule has 0 bridgehead atoms. The number of hydrazone groups is 1. The Kier molecular flexibility index (Phi) is 4.34. The largest absolute Gasteiger partial charge is 0.271 e. The van der Waals surface area contributed by atoms with E-state index in [1.54, 1.807) is 0 Å². The quantitative estimate of drug-likeness (QED) is 0.596. The summed E-state index contributed by atoms with van der Waals surface area (Å²) in [6.07, 6.45) is 2.00. The molecule has 2 aromatic carbocycles. The Balaban J connectivity index is 1.46. The van der Waals surface area contributed by atoms with Crippen molar-refractivity contribution < 1.29 is 4.79 Å². The number of rotatable bonds is 3. The van der Waals surface area contributed by atoms with Crippen LogP contribution in [0.2, 0.25) is 0 Å². The fraction of sp³-hybridized carbons (Fsp3) is 0.300. The number of hydrogen-bond acceptors (Lipinski definition) is 4. The summed E-state index contributed by atoms with van der Waals surface area (Å²) in [5.74, 6) is 0.150. The van der Waals surface area contributed by atoms with Crippen LogP contribution in [0.1, 0.15) is 36.1 Å². The van der Waals surface area contributed by atoms with Gasteiger partial charge in [0.25, 0.3) is 5.91 Å². The predicted molar refractivity (Wildman–Crippen MR) is 97.8 cm³/mol. The molecule has 0 spiro atoms. The van der Waals surface area contributed by atoms with Crippen molar-refractivity contribution >= 4 is 11.6 Å². The van der Waals surface area contributed by atoms with Crippen LogP contribution >= 0.6 is 0 Å². The Morgan fingerprint density at radius 1 is 1.08 bits per heavy atom. The fourth-order valence-electron chi connectivity index (χ4n) is 3.83. The molecule has 0 aromatic heterocycles. The summed E-state index contributed by atoms with van der Waals surface area (Å²) in [4.78, 5) is 12.6. The lowest BCUT2D eigenvalue weighted by Crippen LogP contribution is -2.44. The van der Waals surface area contributed by atoms with E-state index in [-0.39, 0.29) is 23.9 Å². The molecule has 3 N–H and O–H groups in total. The van der Waals surface area contributed by atoms with Gasteiger partial charge in [-0.25, -0.2) is 16.3 Å². The van der Waals surface area contributed by atoms with Gasteiger partial charge in [0, 0.05) is 5.92 Å². The van der Waals surface area contributed by atoms with Crippen molar-refractivity contribution in [1.29, 1.82) is 0 Å². The maximum atomic E-state index is 12.6. The van der Waals surface area contributed by atoms with Crippen LogP contribution < -0.4 is 16.3 Å².